The van der Waals surface area contributed by atoms with Gasteiger partial charge in [0.15, 0.2) is 0 Å². The molecule has 0 aromatic rings. The average molecular weight is 276 g/mol. The lowest BCUT2D eigenvalue weighted by Gasteiger charge is -2.24. The Morgan fingerprint density at radius 3 is 1.67 bits per heavy atom. The van der Waals surface area contributed by atoms with Crippen molar-refractivity contribution in [3.8, 4) is 0 Å². The maximum absolute atomic E-state index is 5.70. The molecule has 0 saturated heterocycles. The highest BCUT2D eigenvalue weighted by atomic mass is 35.5. The van der Waals surface area contributed by atoms with E-state index in [1.54, 1.807) is 0 Å². The van der Waals surface area contributed by atoms with Crippen LogP contribution in [0, 0.1) is 11.8 Å². The number of hydrogen-bond donors (Lipinski definition) is 0. The summed E-state index contributed by atoms with van der Waals surface area (Å²) in [6.45, 7) is 13.1. The van der Waals surface area contributed by atoms with E-state index in [0.717, 1.165) is 17.7 Å². The van der Waals surface area contributed by atoms with Crippen LogP contribution in [0.2, 0.25) is 0 Å². The zero-order valence-electron chi connectivity index (χ0n) is 13.1. The molecule has 0 saturated carbocycles. The van der Waals surface area contributed by atoms with Crippen LogP contribution >= 0.6 is 11.6 Å². The minimum atomic E-state index is 0.822. The Kier molecular flexibility index (Phi) is 12.5. The Morgan fingerprint density at radius 1 is 0.722 bits per heavy atom. The van der Waals surface area contributed by atoms with Gasteiger partial charge in [-0.2, -0.15) is 0 Å². The fourth-order valence-corrected chi connectivity index (χ4v) is 2.19. The quantitative estimate of drug-likeness (QED) is 0.350. The first-order chi connectivity index (χ1) is 8.56. The van der Waals surface area contributed by atoms with E-state index in [0.29, 0.717) is 0 Å². The molecule has 110 valence electrons. The lowest BCUT2D eigenvalue weighted by molar-refractivity contribution is 0.238. The molecule has 0 bridgehead atoms. The van der Waals surface area contributed by atoms with Gasteiger partial charge in [0.2, 0.25) is 0 Å². The Balaban J connectivity index is 3.74. The van der Waals surface area contributed by atoms with Gasteiger partial charge in [0.05, 0.1) is 0 Å². The zero-order valence-corrected chi connectivity index (χ0v) is 13.8. The van der Waals surface area contributed by atoms with Crippen molar-refractivity contribution in [3.63, 3.8) is 0 Å². The van der Waals surface area contributed by atoms with E-state index in [9.17, 15) is 0 Å². The molecule has 0 aromatic carbocycles. The van der Waals surface area contributed by atoms with Crippen LogP contribution < -0.4 is 0 Å². The second-order valence-corrected chi connectivity index (χ2v) is 6.69. The van der Waals surface area contributed by atoms with Gasteiger partial charge in [0, 0.05) is 5.88 Å². The smallest absolute Gasteiger partial charge is 0.0223 e. The van der Waals surface area contributed by atoms with Crippen molar-refractivity contribution in [3.05, 3.63) is 0 Å². The van der Waals surface area contributed by atoms with Crippen LogP contribution in [0.25, 0.3) is 0 Å². The van der Waals surface area contributed by atoms with Crippen molar-refractivity contribution in [2.45, 2.75) is 66.2 Å². The topological polar surface area (TPSA) is 3.24 Å². The van der Waals surface area contributed by atoms with Crippen molar-refractivity contribution >= 4 is 11.6 Å². The first-order valence-electron chi connectivity index (χ1n) is 7.84. The van der Waals surface area contributed by atoms with Gasteiger partial charge in [-0.05, 0) is 57.2 Å². The molecule has 0 rings (SSSR count). The standard InChI is InChI=1S/C16H34ClN/c1-15(2)9-13-18(14-10-16(3)4)12-8-6-5-7-11-17/h15-16H,5-14H2,1-4H3. The normalized spacial score (nSPS) is 12.0. The van der Waals surface area contributed by atoms with Crippen molar-refractivity contribution in [2.75, 3.05) is 25.5 Å². The molecule has 0 heterocycles. The van der Waals surface area contributed by atoms with E-state index in [2.05, 4.69) is 32.6 Å². The van der Waals surface area contributed by atoms with Gasteiger partial charge in [-0.25, -0.2) is 0 Å². The summed E-state index contributed by atoms with van der Waals surface area (Å²) >= 11 is 5.70. The molecular weight excluding hydrogens is 242 g/mol. The number of alkyl halides is 1. The highest BCUT2D eigenvalue weighted by Crippen LogP contribution is 2.09. The Hall–Kier alpha value is 0.250. The molecular formula is C16H34ClN. The van der Waals surface area contributed by atoms with E-state index >= 15 is 0 Å². The summed E-state index contributed by atoms with van der Waals surface area (Å²) in [6, 6.07) is 0. The fraction of sp³-hybridized carbons (Fsp3) is 1.00. The highest BCUT2D eigenvalue weighted by Gasteiger charge is 2.07. The number of halogens is 1. The van der Waals surface area contributed by atoms with Gasteiger partial charge in [-0.1, -0.05) is 40.5 Å². The Labute approximate surface area is 120 Å². The molecule has 0 N–H and O–H groups in total. The lowest BCUT2D eigenvalue weighted by Crippen LogP contribution is -2.28. The maximum atomic E-state index is 5.70. The predicted octanol–water partition coefficient (Wildman–Crippen LogP) is 5.18. The van der Waals surface area contributed by atoms with E-state index < -0.39 is 0 Å². The van der Waals surface area contributed by atoms with Crippen LogP contribution in [0.3, 0.4) is 0 Å². The third-order valence-corrected chi connectivity index (χ3v) is 3.67. The van der Waals surface area contributed by atoms with Gasteiger partial charge in [0.25, 0.3) is 0 Å². The van der Waals surface area contributed by atoms with Gasteiger partial charge in [-0.15, -0.1) is 11.6 Å². The molecule has 1 nitrogen and oxygen atoms in total. The summed E-state index contributed by atoms with van der Waals surface area (Å²) in [5.74, 6) is 2.47. The first kappa shape index (κ1) is 18.2. The maximum Gasteiger partial charge on any atom is 0.0223 e. The van der Waals surface area contributed by atoms with Crippen molar-refractivity contribution in [1.29, 1.82) is 0 Å². The Morgan fingerprint density at radius 2 is 1.22 bits per heavy atom. The van der Waals surface area contributed by atoms with Crippen molar-refractivity contribution in [2.24, 2.45) is 11.8 Å². The number of hydrogen-bond acceptors (Lipinski definition) is 1. The molecule has 0 unspecified atom stereocenters. The lowest BCUT2D eigenvalue weighted by atomic mass is 10.1. The number of rotatable bonds is 12. The van der Waals surface area contributed by atoms with E-state index in [-0.39, 0.29) is 0 Å². The minimum Gasteiger partial charge on any atom is -0.303 e. The van der Waals surface area contributed by atoms with Crippen molar-refractivity contribution < 1.29 is 0 Å². The van der Waals surface area contributed by atoms with Crippen LogP contribution in [0.1, 0.15) is 66.2 Å². The monoisotopic (exact) mass is 275 g/mol. The zero-order chi connectivity index (χ0) is 13.8. The molecule has 18 heavy (non-hydrogen) atoms. The number of nitrogens with zero attached hydrogens (tertiary/aromatic N) is 1. The summed E-state index contributed by atoms with van der Waals surface area (Å²) in [5, 5.41) is 0. The largest absolute Gasteiger partial charge is 0.303 e. The van der Waals surface area contributed by atoms with Gasteiger partial charge in [-0.3, -0.25) is 0 Å². The third-order valence-electron chi connectivity index (χ3n) is 3.40. The molecule has 0 radical (unpaired) electrons. The van der Waals surface area contributed by atoms with Crippen LogP contribution in [0.4, 0.5) is 0 Å². The second kappa shape index (κ2) is 12.3. The second-order valence-electron chi connectivity index (χ2n) is 6.31. The van der Waals surface area contributed by atoms with Crippen molar-refractivity contribution in [1.82, 2.24) is 4.90 Å². The SMILES string of the molecule is CC(C)CCN(CCCCCCCl)CCC(C)C. The summed E-state index contributed by atoms with van der Waals surface area (Å²) in [4.78, 5) is 2.67. The van der Waals surface area contributed by atoms with Crippen LogP contribution in [-0.2, 0) is 0 Å². The predicted molar refractivity (Wildman–Crippen MR) is 84.5 cm³/mol. The van der Waals surface area contributed by atoms with Crippen LogP contribution in [-0.4, -0.2) is 30.4 Å². The molecule has 0 atom stereocenters. The first-order valence-corrected chi connectivity index (χ1v) is 8.38. The van der Waals surface area contributed by atoms with Gasteiger partial charge >= 0.3 is 0 Å². The molecule has 0 spiro atoms. The molecule has 0 aliphatic rings. The summed E-state index contributed by atoms with van der Waals surface area (Å²) in [5.41, 5.74) is 0. The van der Waals surface area contributed by atoms with E-state index in [1.165, 1.54) is 58.2 Å². The van der Waals surface area contributed by atoms with E-state index in [1.807, 2.05) is 0 Å². The van der Waals surface area contributed by atoms with Crippen LogP contribution in [0.5, 0.6) is 0 Å². The molecule has 0 fully saturated rings. The summed E-state index contributed by atoms with van der Waals surface area (Å²) < 4.78 is 0. The van der Waals surface area contributed by atoms with Crippen LogP contribution in [0.15, 0.2) is 0 Å². The summed E-state index contributed by atoms with van der Waals surface area (Å²) in [7, 11) is 0. The number of unbranched alkanes of at least 4 members (excludes halogenated alkanes) is 3. The average Bonchev–Trinajstić information content (AvgIpc) is 2.30. The van der Waals surface area contributed by atoms with Gasteiger partial charge < -0.3 is 4.90 Å². The molecule has 0 amide bonds. The van der Waals surface area contributed by atoms with E-state index in [4.69, 9.17) is 11.6 Å². The minimum absolute atomic E-state index is 0.822. The van der Waals surface area contributed by atoms with Gasteiger partial charge in [0.1, 0.15) is 0 Å². The third kappa shape index (κ3) is 12.7. The Bertz CT molecular complexity index is 156. The molecule has 2 heteroatoms. The molecule has 0 aliphatic heterocycles. The molecule has 0 aromatic heterocycles. The summed E-state index contributed by atoms with van der Waals surface area (Å²) in [6.07, 6.45) is 7.82. The fourth-order valence-electron chi connectivity index (χ4n) is 2.00. The molecule has 0 aliphatic carbocycles. The highest BCUT2D eigenvalue weighted by molar-refractivity contribution is 6.17.